The molecule has 2 aromatic carbocycles. The molecule has 178 valence electrons. The van der Waals surface area contributed by atoms with Gasteiger partial charge in [-0.15, -0.1) is 0 Å². The number of hydrogen-bond acceptors (Lipinski definition) is 5. The van der Waals surface area contributed by atoms with Gasteiger partial charge in [-0.2, -0.15) is 4.89 Å². The Hall–Kier alpha value is -3.12. The molecule has 1 amide bonds. The summed E-state index contributed by atoms with van der Waals surface area (Å²) in [5, 5.41) is 2.92. The molecule has 0 aliphatic heterocycles. The summed E-state index contributed by atoms with van der Waals surface area (Å²) >= 11 is 0. The fourth-order valence-corrected chi connectivity index (χ4v) is 3.48. The molecule has 0 fully saturated rings. The van der Waals surface area contributed by atoms with Gasteiger partial charge < -0.3 is 10.1 Å². The van der Waals surface area contributed by atoms with Crippen LogP contribution in [-0.2, 0) is 20.1 Å². The molecule has 0 aromatic heterocycles. The van der Waals surface area contributed by atoms with E-state index in [1.807, 2.05) is 64.1 Å². The van der Waals surface area contributed by atoms with Gasteiger partial charge in [-0.1, -0.05) is 48.6 Å². The van der Waals surface area contributed by atoms with E-state index in [2.05, 4.69) is 11.9 Å². The Morgan fingerprint density at radius 3 is 2.36 bits per heavy atom. The Bertz CT molecular complexity index is 1010. The van der Waals surface area contributed by atoms with Crippen molar-refractivity contribution < 1.29 is 24.1 Å². The smallest absolute Gasteiger partial charge is 0.408 e. The third-order valence-electron chi connectivity index (χ3n) is 5.29. The van der Waals surface area contributed by atoms with Crippen LogP contribution in [0.2, 0.25) is 0 Å². The molecule has 0 radical (unpaired) electrons. The molecule has 0 heterocycles. The van der Waals surface area contributed by atoms with Crippen molar-refractivity contribution in [3.63, 3.8) is 0 Å². The average Bonchev–Trinajstić information content (AvgIpc) is 2.71. The first kappa shape index (κ1) is 26.1. The van der Waals surface area contributed by atoms with Crippen molar-refractivity contribution in [1.29, 1.82) is 0 Å². The summed E-state index contributed by atoms with van der Waals surface area (Å²) in [5.74, 6) is -0.564. The Kier molecular flexibility index (Phi) is 8.45. The second kappa shape index (κ2) is 10.7. The number of hydrogen-bond donors (Lipinski definition) is 1. The van der Waals surface area contributed by atoms with Gasteiger partial charge in [0.15, 0.2) is 0 Å². The van der Waals surface area contributed by atoms with E-state index in [0.29, 0.717) is 12.0 Å². The van der Waals surface area contributed by atoms with Crippen LogP contribution in [0.4, 0.5) is 4.79 Å². The highest BCUT2D eigenvalue weighted by Crippen LogP contribution is 2.25. The van der Waals surface area contributed by atoms with Crippen molar-refractivity contribution in [1.82, 2.24) is 5.32 Å². The van der Waals surface area contributed by atoms with Gasteiger partial charge in [0.05, 0.1) is 11.1 Å². The minimum Gasteiger partial charge on any atom is -0.446 e. The maximum Gasteiger partial charge on any atom is 0.408 e. The van der Waals surface area contributed by atoms with Crippen molar-refractivity contribution in [3.05, 3.63) is 77.4 Å². The SMILES string of the molecule is C=C(C)c1cccc(C(C)(C)NC(=O)OC(C)CC(C)(C)OOC(=O)c2ccccc2C)c1. The van der Waals surface area contributed by atoms with Crippen LogP contribution in [0.1, 0.15) is 75.0 Å². The molecule has 0 saturated heterocycles. The molecule has 0 spiro atoms. The van der Waals surface area contributed by atoms with E-state index < -0.39 is 29.3 Å². The molecule has 1 atom stereocenters. The topological polar surface area (TPSA) is 73.9 Å². The van der Waals surface area contributed by atoms with E-state index in [9.17, 15) is 9.59 Å². The summed E-state index contributed by atoms with van der Waals surface area (Å²) in [5.41, 5.74) is 2.65. The molecular weight excluding hydrogens is 418 g/mol. The fraction of sp³-hybridized carbons (Fsp3) is 0.407. The van der Waals surface area contributed by atoms with Crippen molar-refractivity contribution in [2.45, 2.75) is 72.1 Å². The van der Waals surface area contributed by atoms with E-state index in [4.69, 9.17) is 14.5 Å². The van der Waals surface area contributed by atoms with Crippen molar-refractivity contribution in [2.24, 2.45) is 0 Å². The molecule has 1 unspecified atom stereocenters. The molecule has 6 heteroatoms. The Labute approximate surface area is 196 Å². The zero-order valence-corrected chi connectivity index (χ0v) is 20.7. The first-order valence-electron chi connectivity index (χ1n) is 11.0. The minimum atomic E-state index is -0.858. The quantitative estimate of drug-likeness (QED) is 0.354. The highest BCUT2D eigenvalue weighted by Gasteiger charge is 2.29. The lowest BCUT2D eigenvalue weighted by Crippen LogP contribution is -2.43. The van der Waals surface area contributed by atoms with Gasteiger partial charge in [-0.05, 0) is 77.3 Å². The first-order chi connectivity index (χ1) is 15.3. The summed E-state index contributed by atoms with van der Waals surface area (Å²) < 4.78 is 5.54. The molecule has 0 aliphatic rings. The predicted molar refractivity (Wildman–Crippen MR) is 130 cm³/mol. The number of carbonyl (C=O) groups excluding carboxylic acids is 2. The summed E-state index contributed by atoms with van der Waals surface area (Å²) in [7, 11) is 0. The fourth-order valence-electron chi connectivity index (χ4n) is 3.48. The maximum absolute atomic E-state index is 12.6. The monoisotopic (exact) mass is 453 g/mol. The van der Waals surface area contributed by atoms with E-state index in [0.717, 1.165) is 22.3 Å². The number of carbonyl (C=O) groups is 2. The molecule has 2 aromatic rings. The average molecular weight is 454 g/mol. The number of ether oxygens (including phenoxy) is 1. The largest absolute Gasteiger partial charge is 0.446 e. The number of nitrogens with one attached hydrogen (secondary N) is 1. The van der Waals surface area contributed by atoms with Crippen molar-refractivity contribution >= 4 is 17.6 Å². The van der Waals surface area contributed by atoms with E-state index in [-0.39, 0.29) is 0 Å². The molecule has 0 aliphatic carbocycles. The van der Waals surface area contributed by atoms with Gasteiger partial charge in [-0.3, -0.25) is 4.89 Å². The van der Waals surface area contributed by atoms with Crippen molar-refractivity contribution in [2.75, 3.05) is 0 Å². The first-order valence-corrected chi connectivity index (χ1v) is 11.0. The lowest BCUT2D eigenvalue weighted by molar-refractivity contribution is -0.311. The van der Waals surface area contributed by atoms with Crippen LogP contribution >= 0.6 is 0 Å². The molecule has 1 N–H and O–H groups in total. The molecular formula is C27H35NO5. The van der Waals surface area contributed by atoms with E-state index in [1.165, 1.54) is 0 Å². The lowest BCUT2D eigenvalue weighted by atomic mass is 9.92. The number of amides is 1. The maximum atomic E-state index is 12.6. The van der Waals surface area contributed by atoms with Crippen LogP contribution in [0, 0.1) is 6.92 Å². The number of allylic oxidation sites excluding steroid dienone is 1. The van der Waals surface area contributed by atoms with Crippen LogP contribution in [0.15, 0.2) is 55.1 Å². The summed E-state index contributed by atoms with van der Waals surface area (Å²) in [6.45, 7) is 16.9. The number of alkyl carbamates (subject to hydrolysis) is 1. The Balaban J connectivity index is 1.90. The third kappa shape index (κ3) is 7.75. The Morgan fingerprint density at radius 2 is 1.73 bits per heavy atom. The highest BCUT2D eigenvalue weighted by atomic mass is 17.2. The van der Waals surface area contributed by atoms with Crippen LogP contribution < -0.4 is 5.32 Å². The number of rotatable bonds is 9. The second-order valence-corrected chi connectivity index (χ2v) is 9.56. The Morgan fingerprint density at radius 1 is 1.06 bits per heavy atom. The predicted octanol–water partition coefficient (Wildman–Crippen LogP) is 6.34. The number of benzene rings is 2. The summed E-state index contributed by atoms with van der Waals surface area (Å²) in [6.07, 6.45) is -0.691. The van der Waals surface area contributed by atoms with E-state index in [1.54, 1.807) is 32.9 Å². The van der Waals surface area contributed by atoms with Gasteiger partial charge in [-0.25, -0.2) is 9.59 Å². The van der Waals surface area contributed by atoms with Crippen LogP contribution in [0.25, 0.3) is 5.57 Å². The normalized spacial score (nSPS) is 12.6. The van der Waals surface area contributed by atoms with Crippen LogP contribution in [0.3, 0.4) is 0 Å². The van der Waals surface area contributed by atoms with Crippen LogP contribution in [0.5, 0.6) is 0 Å². The third-order valence-corrected chi connectivity index (χ3v) is 5.29. The second-order valence-electron chi connectivity index (χ2n) is 9.56. The highest BCUT2D eigenvalue weighted by molar-refractivity contribution is 5.90. The molecule has 6 nitrogen and oxygen atoms in total. The van der Waals surface area contributed by atoms with Gasteiger partial charge in [0.1, 0.15) is 11.7 Å². The van der Waals surface area contributed by atoms with Gasteiger partial charge >= 0.3 is 12.1 Å². The molecule has 0 bridgehead atoms. The molecule has 2 rings (SSSR count). The molecule has 33 heavy (non-hydrogen) atoms. The summed E-state index contributed by atoms with van der Waals surface area (Å²) in [4.78, 5) is 35.3. The van der Waals surface area contributed by atoms with E-state index >= 15 is 0 Å². The standard InChI is InChI=1S/C27H35NO5/c1-18(2)21-13-11-14-22(16-21)27(7,8)28-25(30)31-20(4)17-26(5,6)33-32-24(29)23-15-10-9-12-19(23)3/h9-16,20H,1,17H2,2-8H3,(H,28,30). The van der Waals surface area contributed by atoms with Gasteiger partial charge in [0, 0.05) is 6.42 Å². The van der Waals surface area contributed by atoms with Crippen LogP contribution in [-0.4, -0.2) is 23.8 Å². The van der Waals surface area contributed by atoms with Gasteiger partial charge in [0.25, 0.3) is 0 Å². The van der Waals surface area contributed by atoms with Crippen molar-refractivity contribution in [3.8, 4) is 0 Å². The van der Waals surface area contributed by atoms with Gasteiger partial charge in [0.2, 0.25) is 0 Å². The summed E-state index contributed by atoms with van der Waals surface area (Å²) in [6, 6.07) is 15.0. The zero-order chi connectivity index (χ0) is 24.8. The number of aryl methyl sites for hydroxylation is 1. The molecule has 0 saturated carbocycles. The minimum absolute atomic E-state index is 0.326. The lowest BCUT2D eigenvalue weighted by Gasteiger charge is -2.29. The zero-order valence-electron chi connectivity index (χ0n) is 20.7.